The van der Waals surface area contributed by atoms with Crippen LogP contribution in [0.5, 0.6) is 0 Å². The number of carboxylic acids is 1. The molecule has 2 amide bonds. The highest BCUT2D eigenvalue weighted by Gasteiger charge is 2.65. The summed E-state index contributed by atoms with van der Waals surface area (Å²) in [4.78, 5) is 22.4. The molecule has 6 heteroatoms. The third kappa shape index (κ3) is 2.08. The Bertz CT molecular complexity index is 407. The summed E-state index contributed by atoms with van der Waals surface area (Å²) in [5, 5.41) is 23.6. The molecule has 0 aromatic carbocycles. The van der Waals surface area contributed by atoms with Crippen molar-refractivity contribution in [3.8, 4) is 0 Å². The van der Waals surface area contributed by atoms with Crippen LogP contribution >= 0.6 is 0 Å². The van der Waals surface area contributed by atoms with Crippen LogP contribution in [-0.4, -0.2) is 40.4 Å². The molecule has 3 aliphatic carbocycles. The summed E-state index contributed by atoms with van der Waals surface area (Å²) >= 11 is 0. The first kappa shape index (κ1) is 12.7. The van der Waals surface area contributed by atoms with Gasteiger partial charge in [0.1, 0.15) is 0 Å². The summed E-state index contributed by atoms with van der Waals surface area (Å²) in [6.45, 7) is 0.880. The van der Waals surface area contributed by atoms with Gasteiger partial charge in [0.05, 0.1) is 6.54 Å². The van der Waals surface area contributed by atoms with Gasteiger partial charge < -0.3 is 20.8 Å². The molecule has 3 saturated carbocycles. The lowest BCUT2D eigenvalue weighted by molar-refractivity contribution is -0.155. The average Bonchev–Trinajstić information content (AvgIpc) is 2.73. The molecule has 3 fully saturated rings. The fraction of sp³-hybridized carbons (Fsp3) is 0.846. The summed E-state index contributed by atoms with van der Waals surface area (Å²) in [5.41, 5.74) is -1.92. The van der Waals surface area contributed by atoms with E-state index in [0.717, 1.165) is 11.8 Å². The zero-order valence-corrected chi connectivity index (χ0v) is 10.9. The zero-order valence-electron chi connectivity index (χ0n) is 10.9. The highest BCUT2D eigenvalue weighted by molar-refractivity contribution is 5.79. The monoisotopic (exact) mass is 268 g/mol. The maximum atomic E-state index is 11.7. The molecule has 0 saturated heterocycles. The van der Waals surface area contributed by atoms with Crippen LogP contribution in [0.15, 0.2) is 0 Å². The van der Waals surface area contributed by atoms with E-state index in [0.29, 0.717) is 11.8 Å². The molecule has 3 rings (SSSR count). The van der Waals surface area contributed by atoms with E-state index in [4.69, 9.17) is 5.11 Å². The molecule has 5 atom stereocenters. The van der Waals surface area contributed by atoms with E-state index in [1.807, 2.05) is 0 Å². The Labute approximate surface area is 111 Å². The number of aliphatic hydroxyl groups is 1. The van der Waals surface area contributed by atoms with Gasteiger partial charge in [-0.1, -0.05) is 0 Å². The first-order valence-electron chi connectivity index (χ1n) is 6.90. The van der Waals surface area contributed by atoms with Crippen LogP contribution in [0.25, 0.3) is 0 Å². The van der Waals surface area contributed by atoms with E-state index in [9.17, 15) is 14.7 Å². The lowest BCUT2D eigenvalue weighted by atomic mass is 10.0. The topological polar surface area (TPSA) is 98.7 Å². The van der Waals surface area contributed by atoms with Gasteiger partial charge in [-0.25, -0.2) is 9.59 Å². The van der Waals surface area contributed by atoms with Crippen molar-refractivity contribution in [2.45, 2.75) is 37.8 Å². The Morgan fingerprint density at radius 3 is 2.37 bits per heavy atom. The molecule has 3 aliphatic rings. The van der Waals surface area contributed by atoms with E-state index in [-0.39, 0.29) is 18.6 Å². The first-order chi connectivity index (χ1) is 8.90. The largest absolute Gasteiger partial charge is 0.479 e. The maximum absolute atomic E-state index is 11.7. The summed E-state index contributed by atoms with van der Waals surface area (Å²) < 4.78 is 0. The highest BCUT2D eigenvalue weighted by atomic mass is 16.4. The van der Waals surface area contributed by atoms with Crippen molar-refractivity contribution in [1.29, 1.82) is 0 Å². The SMILES string of the molecule is CC(O)(CNC(=O)NC1C2C3CCC(C3)C12)C(=O)O. The lowest BCUT2D eigenvalue weighted by Crippen LogP contribution is -2.49. The summed E-state index contributed by atoms with van der Waals surface area (Å²) in [6.07, 6.45) is 3.90. The molecule has 0 aromatic heterocycles. The third-order valence-electron chi connectivity index (χ3n) is 5.09. The summed E-state index contributed by atoms with van der Waals surface area (Å²) in [5.74, 6) is 1.51. The number of fused-ring (bicyclic) bond motifs is 5. The van der Waals surface area contributed by atoms with Crippen molar-refractivity contribution >= 4 is 12.0 Å². The number of carbonyl (C=O) groups excluding carboxylic acids is 1. The minimum atomic E-state index is -1.92. The van der Waals surface area contributed by atoms with Crippen LogP contribution in [0, 0.1) is 23.7 Å². The van der Waals surface area contributed by atoms with Crippen LogP contribution in [0.3, 0.4) is 0 Å². The van der Waals surface area contributed by atoms with Gasteiger partial charge in [-0.15, -0.1) is 0 Å². The summed E-state index contributed by atoms with van der Waals surface area (Å²) in [7, 11) is 0. The van der Waals surface area contributed by atoms with Gasteiger partial charge in [0.2, 0.25) is 0 Å². The van der Waals surface area contributed by atoms with E-state index in [1.165, 1.54) is 26.2 Å². The molecule has 0 spiro atoms. The lowest BCUT2D eigenvalue weighted by Gasteiger charge is -2.19. The number of amides is 2. The molecule has 0 aromatic rings. The second-order valence-corrected chi connectivity index (χ2v) is 6.42. The van der Waals surface area contributed by atoms with Crippen LogP contribution in [0.2, 0.25) is 0 Å². The smallest absolute Gasteiger partial charge is 0.337 e. The number of aliphatic carboxylic acids is 1. The van der Waals surface area contributed by atoms with Crippen molar-refractivity contribution in [3.05, 3.63) is 0 Å². The predicted octanol–water partition coefficient (Wildman–Crippen LogP) is 0.166. The number of carbonyl (C=O) groups is 2. The normalized spacial score (nSPS) is 41.3. The Balaban J connectivity index is 1.45. The quantitative estimate of drug-likeness (QED) is 0.584. The fourth-order valence-electron chi connectivity index (χ4n) is 4.05. The predicted molar refractivity (Wildman–Crippen MR) is 66.4 cm³/mol. The van der Waals surface area contributed by atoms with E-state index >= 15 is 0 Å². The molecule has 0 radical (unpaired) electrons. The van der Waals surface area contributed by atoms with E-state index in [1.54, 1.807) is 0 Å². The molecule has 19 heavy (non-hydrogen) atoms. The first-order valence-corrected chi connectivity index (χ1v) is 6.90. The third-order valence-corrected chi connectivity index (χ3v) is 5.09. The maximum Gasteiger partial charge on any atom is 0.337 e. The van der Waals surface area contributed by atoms with Crippen molar-refractivity contribution in [3.63, 3.8) is 0 Å². The number of urea groups is 1. The van der Waals surface area contributed by atoms with Gasteiger partial charge in [0, 0.05) is 6.04 Å². The molecule has 4 N–H and O–H groups in total. The number of hydrogen-bond acceptors (Lipinski definition) is 3. The number of rotatable bonds is 4. The molecular formula is C13H20N2O4. The highest BCUT2D eigenvalue weighted by Crippen LogP contribution is 2.65. The molecule has 6 nitrogen and oxygen atoms in total. The van der Waals surface area contributed by atoms with Gasteiger partial charge in [-0.05, 0) is 49.9 Å². The van der Waals surface area contributed by atoms with E-state index in [2.05, 4.69) is 10.6 Å². The van der Waals surface area contributed by atoms with Crippen LogP contribution in [0.1, 0.15) is 26.2 Å². The Morgan fingerprint density at radius 1 is 1.26 bits per heavy atom. The van der Waals surface area contributed by atoms with Gasteiger partial charge in [-0.2, -0.15) is 0 Å². The average molecular weight is 268 g/mol. The Kier molecular flexibility index (Phi) is 2.74. The van der Waals surface area contributed by atoms with Crippen LogP contribution in [0.4, 0.5) is 4.79 Å². The van der Waals surface area contributed by atoms with Crippen molar-refractivity contribution in [2.24, 2.45) is 23.7 Å². The minimum absolute atomic E-state index is 0.265. The molecule has 0 aliphatic heterocycles. The van der Waals surface area contributed by atoms with Gasteiger partial charge >= 0.3 is 12.0 Å². The molecule has 0 heterocycles. The zero-order chi connectivity index (χ0) is 13.8. The number of hydrogen-bond donors (Lipinski definition) is 4. The van der Waals surface area contributed by atoms with Gasteiger partial charge in [0.15, 0.2) is 5.60 Å². The van der Waals surface area contributed by atoms with E-state index < -0.39 is 11.6 Å². The van der Waals surface area contributed by atoms with Crippen molar-refractivity contribution in [1.82, 2.24) is 10.6 Å². The fourth-order valence-corrected chi connectivity index (χ4v) is 4.05. The van der Waals surface area contributed by atoms with Crippen LogP contribution < -0.4 is 10.6 Å². The molecule has 5 unspecified atom stereocenters. The van der Waals surface area contributed by atoms with Crippen LogP contribution in [-0.2, 0) is 4.79 Å². The Hall–Kier alpha value is -1.30. The number of carboxylic acid groups (broad SMARTS) is 1. The Morgan fingerprint density at radius 2 is 1.84 bits per heavy atom. The molecule has 106 valence electrons. The van der Waals surface area contributed by atoms with Crippen molar-refractivity contribution < 1.29 is 19.8 Å². The minimum Gasteiger partial charge on any atom is -0.479 e. The second-order valence-electron chi connectivity index (χ2n) is 6.42. The second kappa shape index (κ2) is 4.10. The number of nitrogens with one attached hydrogen (secondary N) is 2. The van der Waals surface area contributed by atoms with Gasteiger partial charge in [-0.3, -0.25) is 0 Å². The van der Waals surface area contributed by atoms with Crippen molar-refractivity contribution in [2.75, 3.05) is 6.54 Å². The van der Waals surface area contributed by atoms with Gasteiger partial charge in [0.25, 0.3) is 0 Å². The standard InChI is InChI=1S/C13H20N2O4/c1-13(19,11(16)17)5-14-12(18)15-10-8-6-2-3-7(4-6)9(8)10/h6-10,19H,2-5H2,1H3,(H,16,17)(H2,14,15,18). The summed E-state index contributed by atoms with van der Waals surface area (Å²) in [6, 6.07) is -0.110. The molecular weight excluding hydrogens is 248 g/mol. The molecule has 2 bridgehead atoms.